The quantitative estimate of drug-likeness (QED) is 0.439. The molecule has 1 fully saturated rings. The Labute approximate surface area is 186 Å². The van der Waals surface area contributed by atoms with Crippen molar-refractivity contribution in [3.8, 4) is 5.75 Å². The van der Waals surface area contributed by atoms with Crippen LogP contribution in [0.5, 0.6) is 5.75 Å². The van der Waals surface area contributed by atoms with Crippen molar-refractivity contribution in [3.63, 3.8) is 0 Å². The molecule has 1 aromatic carbocycles. The Bertz CT molecular complexity index is 1070. The maximum atomic E-state index is 13.5. The summed E-state index contributed by atoms with van der Waals surface area (Å²) in [5.41, 5.74) is 2.55. The van der Waals surface area contributed by atoms with E-state index in [1.807, 2.05) is 20.8 Å². The number of aromatic hydroxyl groups is 1. The van der Waals surface area contributed by atoms with Crippen molar-refractivity contribution in [2.24, 2.45) is 23.5 Å². The van der Waals surface area contributed by atoms with Crippen LogP contribution in [-0.2, 0) is 14.4 Å². The van der Waals surface area contributed by atoms with Gasteiger partial charge in [0.2, 0.25) is 5.78 Å². The van der Waals surface area contributed by atoms with Crippen molar-refractivity contribution in [2.75, 3.05) is 0 Å². The number of Topliss-reactive ketones (excluding diaryl/α,β-unsaturated/α-hetero) is 2. The molecule has 8 nitrogen and oxygen atoms in total. The SMILES string of the molecule is CC.CC[C@H]1c2cccc(O)c2C(O)=C2C(=O)[C@]3(O)C(O)=C(C(N)=O)C(=O)[C@@H](C)[C@@H]3C[C@@H]21. The highest BCUT2D eigenvalue weighted by Gasteiger charge is 2.63. The fourth-order valence-electron chi connectivity index (χ4n) is 5.54. The molecule has 5 atom stereocenters. The van der Waals surface area contributed by atoms with E-state index in [2.05, 4.69) is 0 Å². The van der Waals surface area contributed by atoms with Gasteiger partial charge in [0.05, 0.1) is 5.56 Å². The molecule has 3 aliphatic rings. The van der Waals surface area contributed by atoms with Crippen LogP contribution in [0.25, 0.3) is 5.76 Å². The van der Waals surface area contributed by atoms with E-state index in [9.17, 15) is 34.8 Å². The molecule has 1 saturated carbocycles. The molecule has 0 saturated heterocycles. The molecule has 0 bridgehead atoms. The van der Waals surface area contributed by atoms with Crippen molar-refractivity contribution < 1.29 is 34.8 Å². The average Bonchev–Trinajstić information content (AvgIpc) is 2.76. The van der Waals surface area contributed by atoms with E-state index >= 15 is 0 Å². The van der Waals surface area contributed by atoms with Gasteiger partial charge in [-0.1, -0.05) is 39.8 Å². The maximum Gasteiger partial charge on any atom is 0.255 e. The molecule has 3 aliphatic carbocycles. The lowest BCUT2D eigenvalue weighted by atomic mass is 9.54. The number of ketones is 2. The third kappa shape index (κ3) is 2.89. The van der Waals surface area contributed by atoms with Gasteiger partial charge in [-0.2, -0.15) is 0 Å². The summed E-state index contributed by atoms with van der Waals surface area (Å²) in [6, 6.07) is 4.80. The summed E-state index contributed by atoms with van der Waals surface area (Å²) in [6.45, 7) is 7.39. The topological polar surface area (TPSA) is 158 Å². The molecular formula is C24H29NO7. The molecule has 0 radical (unpaired) electrons. The van der Waals surface area contributed by atoms with E-state index in [0.29, 0.717) is 12.0 Å². The van der Waals surface area contributed by atoms with Gasteiger partial charge in [-0.25, -0.2) is 0 Å². The predicted octanol–water partition coefficient (Wildman–Crippen LogP) is 2.65. The number of carbonyl (C=O) groups is 3. The van der Waals surface area contributed by atoms with Gasteiger partial charge >= 0.3 is 0 Å². The fraction of sp³-hybridized carbons (Fsp3) is 0.458. The molecule has 4 rings (SSSR count). The van der Waals surface area contributed by atoms with Crippen LogP contribution in [0.1, 0.15) is 57.6 Å². The number of phenolic OH excluding ortho intramolecular Hbond substituents is 1. The number of rotatable bonds is 2. The van der Waals surface area contributed by atoms with Crippen LogP contribution in [0.3, 0.4) is 0 Å². The van der Waals surface area contributed by atoms with E-state index in [4.69, 9.17) is 5.73 Å². The minimum Gasteiger partial charge on any atom is -0.508 e. The highest BCUT2D eigenvalue weighted by Crippen LogP contribution is 2.57. The molecule has 32 heavy (non-hydrogen) atoms. The number of fused-ring (bicyclic) bond motifs is 3. The molecule has 1 amide bonds. The van der Waals surface area contributed by atoms with Gasteiger partial charge in [-0.3, -0.25) is 14.4 Å². The second-order valence-corrected chi connectivity index (χ2v) is 8.30. The first kappa shape index (κ1) is 23.5. The smallest absolute Gasteiger partial charge is 0.255 e. The molecule has 0 spiro atoms. The summed E-state index contributed by atoms with van der Waals surface area (Å²) in [7, 11) is 0. The lowest BCUT2D eigenvalue weighted by Crippen LogP contribution is -2.61. The van der Waals surface area contributed by atoms with Crippen LogP contribution < -0.4 is 5.73 Å². The zero-order valence-corrected chi connectivity index (χ0v) is 18.5. The number of primary amides is 1. The summed E-state index contributed by atoms with van der Waals surface area (Å²) in [5.74, 6) is -7.39. The monoisotopic (exact) mass is 443 g/mol. The molecule has 6 N–H and O–H groups in total. The Hall–Kier alpha value is -3.13. The Balaban J connectivity index is 0.00000141. The highest BCUT2D eigenvalue weighted by atomic mass is 16.3. The Morgan fingerprint density at radius 2 is 1.81 bits per heavy atom. The molecule has 0 unspecified atom stereocenters. The number of amides is 1. The number of nitrogens with two attached hydrogens (primary N) is 1. The number of benzene rings is 1. The van der Waals surface area contributed by atoms with Crippen LogP contribution in [0.2, 0.25) is 0 Å². The Morgan fingerprint density at radius 1 is 1.19 bits per heavy atom. The highest BCUT2D eigenvalue weighted by molar-refractivity contribution is 6.23. The summed E-state index contributed by atoms with van der Waals surface area (Å²) in [6.07, 6.45) is 0.700. The van der Waals surface area contributed by atoms with E-state index in [1.54, 1.807) is 12.1 Å². The average molecular weight is 443 g/mol. The molecular weight excluding hydrogens is 414 g/mol. The van der Waals surface area contributed by atoms with Crippen molar-refractivity contribution in [2.45, 2.75) is 52.1 Å². The molecule has 1 aromatic rings. The zero-order valence-electron chi connectivity index (χ0n) is 18.5. The number of phenols is 1. The van der Waals surface area contributed by atoms with E-state index < -0.39 is 57.9 Å². The van der Waals surface area contributed by atoms with Crippen molar-refractivity contribution in [1.29, 1.82) is 0 Å². The molecule has 0 aliphatic heterocycles. The minimum atomic E-state index is -2.56. The van der Waals surface area contributed by atoms with Crippen LogP contribution in [-0.4, -0.2) is 43.5 Å². The summed E-state index contributed by atoms with van der Waals surface area (Å²) >= 11 is 0. The summed E-state index contributed by atoms with van der Waals surface area (Å²) in [5, 5.41) is 43.2. The molecule has 8 heteroatoms. The Morgan fingerprint density at radius 3 is 2.38 bits per heavy atom. The Kier molecular flexibility index (Phi) is 5.95. The number of aliphatic hydroxyl groups is 3. The van der Waals surface area contributed by atoms with Gasteiger partial charge in [-0.05, 0) is 36.3 Å². The third-order valence-electron chi connectivity index (χ3n) is 7.01. The lowest BCUT2D eigenvalue weighted by Gasteiger charge is -2.50. The second kappa shape index (κ2) is 8.09. The van der Waals surface area contributed by atoms with Crippen LogP contribution in [0.15, 0.2) is 35.1 Å². The third-order valence-corrected chi connectivity index (χ3v) is 7.01. The standard InChI is InChI=1S/C22H23NO7.C2H6/c1-3-9-10-5-4-6-13(24)14(10)18(26)15-11(9)7-12-8(2)17(25)16(21(23)29)20(28)22(12,30)19(15)27;1-2/h4-6,8-9,11-12,24,26,28,30H,3,7H2,1-2H3,(H2,23,29);1-2H3/t8-,9-,11+,12-,22-;/m0./s1. The molecule has 172 valence electrons. The van der Waals surface area contributed by atoms with Crippen molar-refractivity contribution in [3.05, 3.63) is 46.2 Å². The molecule has 0 aromatic heterocycles. The van der Waals surface area contributed by atoms with Crippen molar-refractivity contribution >= 4 is 23.2 Å². The van der Waals surface area contributed by atoms with E-state index in [-0.39, 0.29) is 29.2 Å². The number of aliphatic hydroxyl groups excluding tert-OH is 2. The number of hydrogen-bond acceptors (Lipinski definition) is 7. The van der Waals surface area contributed by atoms with Gasteiger partial charge in [0.15, 0.2) is 11.4 Å². The van der Waals surface area contributed by atoms with Crippen LogP contribution in [0, 0.1) is 17.8 Å². The summed E-state index contributed by atoms with van der Waals surface area (Å²) < 4.78 is 0. The van der Waals surface area contributed by atoms with Gasteiger partial charge in [0.1, 0.15) is 22.8 Å². The van der Waals surface area contributed by atoms with Gasteiger partial charge in [0, 0.05) is 17.4 Å². The first-order valence-electron chi connectivity index (χ1n) is 10.9. The largest absolute Gasteiger partial charge is 0.508 e. The van der Waals surface area contributed by atoms with Crippen molar-refractivity contribution in [1.82, 2.24) is 0 Å². The normalized spacial score (nSPS) is 31.3. The molecule has 0 heterocycles. The first-order chi connectivity index (χ1) is 15.1. The second-order valence-electron chi connectivity index (χ2n) is 8.30. The predicted molar refractivity (Wildman–Crippen MR) is 117 cm³/mol. The van der Waals surface area contributed by atoms with E-state index in [0.717, 1.165) is 0 Å². The van der Waals surface area contributed by atoms with Gasteiger partial charge in [0.25, 0.3) is 5.91 Å². The van der Waals surface area contributed by atoms with Crippen LogP contribution >= 0.6 is 0 Å². The first-order valence-corrected chi connectivity index (χ1v) is 10.9. The van der Waals surface area contributed by atoms with Gasteiger partial charge in [-0.15, -0.1) is 0 Å². The fourth-order valence-corrected chi connectivity index (χ4v) is 5.54. The zero-order chi connectivity index (χ0) is 24.1. The number of carbonyl (C=O) groups excluding carboxylic acids is 3. The minimum absolute atomic E-state index is 0.115. The lowest BCUT2D eigenvalue weighted by molar-refractivity contribution is -0.152. The maximum absolute atomic E-state index is 13.5. The number of hydrogen-bond donors (Lipinski definition) is 5. The van der Waals surface area contributed by atoms with Gasteiger partial charge < -0.3 is 26.2 Å². The van der Waals surface area contributed by atoms with E-state index in [1.165, 1.54) is 13.0 Å². The van der Waals surface area contributed by atoms with Crippen LogP contribution in [0.4, 0.5) is 0 Å². The summed E-state index contributed by atoms with van der Waals surface area (Å²) in [4.78, 5) is 38.0.